The Labute approximate surface area is 147 Å². The summed E-state index contributed by atoms with van der Waals surface area (Å²) < 4.78 is 5.50. The molecule has 5 nitrogen and oxygen atoms in total. The summed E-state index contributed by atoms with van der Waals surface area (Å²) in [5.74, 6) is 0.00677. The van der Waals surface area contributed by atoms with Gasteiger partial charge in [0, 0.05) is 6.42 Å². The van der Waals surface area contributed by atoms with E-state index in [9.17, 15) is 9.59 Å². The number of nitrogens with one attached hydrogen (secondary N) is 1. The third kappa shape index (κ3) is 6.91. The Kier molecular flexibility index (Phi) is 7.25. The number of hydrogen-bond donors (Lipinski definition) is 2. The number of nitrogens with two attached hydrogens (primary N) is 1. The molecule has 25 heavy (non-hydrogen) atoms. The topological polar surface area (TPSA) is 81.4 Å². The fourth-order valence-electron chi connectivity index (χ4n) is 2.17. The summed E-state index contributed by atoms with van der Waals surface area (Å²) in [5.41, 5.74) is 6.78. The minimum Gasteiger partial charge on any atom is -0.491 e. The summed E-state index contributed by atoms with van der Waals surface area (Å²) in [6, 6.07) is 17.1. The van der Waals surface area contributed by atoms with Crippen LogP contribution in [0.3, 0.4) is 0 Å². The Balaban J connectivity index is 1.81. The Morgan fingerprint density at radius 3 is 2.48 bits per heavy atom. The van der Waals surface area contributed by atoms with Gasteiger partial charge in [-0.1, -0.05) is 54.6 Å². The van der Waals surface area contributed by atoms with Gasteiger partial charge in [0.15, 0.2) is 0 Å². The first kappa shape index (κ1) is 18.3. The predicted molar refractivity (Wildman–Crippen MR) is 99.1 cm³/mol. The van der Waals surface area contributed by atoms with Gasteiger partial charge < -0.3 is 15.8 Å². The van der Waals surface area contributed by atoms with Crippen molar-refractivity contribution in [2.24, 2.45) is 5.73 Å². The summed E-state index contributed by atoms with van der Waals surface area (Å²) in [6.07, 6.45) is 5.12. The molecule has 0 fully saturated rings. The second kappa shape index (κ2) is 9.93. The van der Waals surface area contributed by atoms with Crippen LogP contribution in [-0.2, 0) is 9.59 Å². The summed E-state index contributed by atoms with van der Waals surface area (Å²) in [6.45, 7) is 0.183. The molecule has 0 aliphatic carbocycles. The van der Waals surface area contributed by atoms with Crippen LogP contribution in [0.4, 0.5) is 5.69 Å². The summed E-state index contributed by atoms with van der Waals surface area (Å²) in [4.78, 5) is 22.9. The average molecular weight is 338 g/mol. The van der Waals surface area contributed by atoms with E-state index in [4.69, 9.17) is 10.5 Å². The quantitative estimate of drug-likeness (QED) is 0.735. The van der Waals surface area contributed by atoms with Gasteiger partial charge in [0.1, 0.15) is 5.75 Å². The van der Waals surface area contributed by atoms with E-state index in [1.54, 1.807) is 18.2 Å². The van der Waals surface area contributed by atoms with E-state index in [-0.39, 0.29) is 18.9 Å². The molecule has 3 N–H and O–H groups in total. The van der Waals surface area contributed by atoms with Crippen molar-refractivity contribution in [2.75, 3.05) is 11.9 Å². The van der Waals surface area contributed by atoms with Crippen LogP contribution in [0.5, 0.6) is 5.75 Å². The highest BCUT2D eigenvalue weighted by molar-refractivity contribution is 5.92. The zero-order chi connectivity index (χ0) is 17.9. The van der Waals surface area contributed by atoms with Crippen molar-refractivity contribution in [2.45, 2.75) is 19.3 Å². The van der Waals surface area contributed by atoms with Crippen LogP contribution < -0.4 is 15.8 Å². The summed E-state index contributed by atoms with van der Waals surface area (Å²) in [7, 11) is 0. The highest BCUT2D eigenvalue weighted by Crippen LogP contribution is 2.24. The van der Waals surface area contributed by atoms with Gasteiger partial charge in [-0.2, -0.15) is 0 Å². The fraction of sp³-hybridized carbons (Fsp3) is 0.200. The first-order chi connectivity index (χ1) is 12.1. The largest absolute Gasteiger partial charge is 0.491 e. The van der Waals surface area contributed by atoms with Crippen molar-refractivity contribution in [3.8, 4) is 5.75 Å². The fourth-order valence-corrected chi connectivity index (χ4v) is 2.17. The van der Waals surface area contributed by atoms with Crippen LogP contribution in [0.2, 0.25) is 0 Å². The van der Waals surface area contributed by atoms with Crippen molar-refractivity contribution < 1.29 is 14.3 Å². The highest BCUT2D eigenvalue weighted by Gasteiger charge is 2.07. The molecule has 5 heteroatoms. The van der Waals surface area contributed by atoms with E-state index < -0.39 is 5.91 Å². The number of anilines is 1. The van der Waals surface area contributed by atoms with Crippen LogP contribution in [0.25, 0.3) is 6.08 Å². The molecule has 0 unspecified atom stereocenters. The van der Waals surface area contributed by atoms with Gasteiger partial charge in [-0.15, -0.1) is 0 Å². The Hall–Kier alpha value is -3.08. The molecule has 2 aromatic rings. The molecule has 0 aliphatic rings. The molecule has 2 rings (SSSR count). The van der Waals surface area contributed by atoms with Crippen molar-refractivity contribution in [3.05, 3.63) is 66.2 Å². The maximum absolute atomic E-state index is 12.1. The predicted octanol–water partition coefficient (Wildman–Crippen LogP) is 3.37. The number of ether oxygens (including phenoxy) is 1. The van der Waals surface area contributed by atoms with E-state index in [0.717, 1.165) is 5.56 Å². The molecule has 130 valence electrons. The molecule has 0 spiro atoms. The number of amides is 2. The Bertz CT molecular complexity index is 727. The second-order valence-electron chi connectivity index (χ2n) is 5.46. The first-order valence-electron chi connectivity index (χ1n) is 8.17. The standard InChI is InChI=1S/C20H22N2O3/c21-19(23)14-15-25-18-12-6-5-11-17(18)22-20(24)13-7-4-10-16-8-2-1-3-9-16/h1-6,8-12H,7,13-15H2,(H2,21,23)(H,22,24)/b10-4+. The van der Waals surface area contributed by atoms with Crippen LogP contribution in [0.1, 0.15) is 24.8 Å². The van der Waals surface area contributed by atoms with Crippen molar-refractivity contribution >= 4 is 23.6 Å². The van der Waals surface area contributed by atoms with Gasteiger partial charge in [-0.25, -0.2) is 0 Å². The van der Waals surface area contributed by atoms with E-state index >= 15 is 0 Å². The molecule has 2 amide bonds. The number of carbonyl (C=O) groups excluding carboxylic acids is 2. The lowest BCUT2D eigenvalue weighted by Gasteiger charge is -2.11. The van der Waals surface area contributed by atoms with Crippen LogP contribution >= 0.6 is 0 Å². The van der Waals surface area contributed by atoms with E-state index in [0.29, 0.717) is 24.3 Å². The molecule has 0 atom stereocenters. The number of carbonyl (C=O) groups is 2. The van der Waals surface area contributed by atoms with Crippen molar-refractivity contribution in [1.82, 2.24) is 0 Å². The molecule has 0 heterocycles. The van der Waals surface area contributed by atoms with Crippen LogP contribution in [0.15, 0.2) is 60.7 Å². The van der Waals surface area contributed by atoms with Crippen molar-refractivity contribution in [3.63, 3.8) is 0 Å². The third-order valence-corrected chi connectivity index (χ3v) is 3.42. The molecule has 0 aromatic heterocycles. The number of allylic oxidation sites excluding steroid dienone is 1. The average Bonchev–Trinajstić information content (AvgIpc) is 2.61. The second-order valence-corrected chi connectivity index (χ2v) is 5.46. The number of para-hydroxylation sites is 2. The lowest BCUT2D eigenvalue weighted by atomic mass is 10.2. The van der Waals surface area contributed by atoms with Gasteiger partial charge >= 0.3 is 0 Å². The van der Waals surface area contributed by atoms with E-state index in [1.165, 1.54) is 0 Å². The Morgan fingerprint density at radius 2 is 1.72 bits per heavy atom. The molecule has 0 saturated carbocycles. The highest BCUT2D eigenvalue weighted by atomic mass is 16.5. The van der Waals surface area contributed by atoms with Crippen LogP contribution in [-0.4, -0.2) is 18.4 Å². The molecule has 0 aliphatic heterocycles. The molecule has 2 aromatic carbocycles. The lowest BCUT2D eigenvalue weighted by molar-refractivity contribution is -0.118. The Morgan fingerprint density at radius 1 is 1.00 bits per heavy atom. The maximum Gasteiger partial charge on any atom is 0.224 e. The molecule has 0 saturated heterocycles. The number of primary amides is 1. The monoisotopic (exact) mass is 338 g/mol. The van der Waals surface area contributed by atoms with Crippen LogP contribution in [0, 0.1) is 0 Å². The summed E-state index contributed by atoms with van der Waals surface area (Å²) >= 11 is 0. The SMILES string of the molecule is NC(=O)CCOc1ccccc1NC(=O)CC/C=C/c1ccccc1. The number of hydrogen-bond acceptors (Lipinski definition) is 3. The van der Waals surface area contributed by atoms with Gasteiger partial charge in [0.05, 0.1) is 18.7 Å². The van der Waals surface area contributed by atoms with Gasteiger partial charge in [-0.05, 0) is 24.1 Å². The molecule has 0 radical (unpaired) electrons. The lowest BCUT2D eigenvalue weighted by Crippen LogP contribution is -2.16. The smallest absolute Gasteiger partial charge is 0.224 e. The van der Waals surface area contributed by atoms with Gasteiger partial charge in [-0.3, -0.25) is 9.59 Å². The normalized spacial score (nSPS) is 10.6. The number of rotatable bonds is 9. The minimum atomic E-state index is -0.424. The summed E-state index contributed by atoms with van der Waals surface area (Å²) in [5, 5.41) is 2.83. The third-order valence-electron chi connectivity index (χ3n) is 3.42. The molecular weight excluding hydrogens is 316 g/mol. The molecule has 0 bridgehead atoms. The number of benzene rings is 2. The zero-order valence-electron chi connectivity index (χ0n) is 14.0. The zero-order valence-corrected chi connectivity index (χ0v) is 14.0. The van der Waals surface area contributed by atoms with Gasteiger partial charge in [0.2, 0.25) is 11.8 Å². The van der Waals surface area contributed by atoms with E-state index in [2.05, 4.69) is 5.32 Å². The minimum absolute atomic E-state index is 0.0938. The van der Waals surface area contributed by atoms with E-state index in [1.807, 2.05) is 48.6 Å². The van der Waals surface area contributed by atoms with Crippen molar-refractivity contribution in [1.29, 1.82) is 0 Å². The molecular formula is C20H22N2O3. The first-order valence-corrected chi connectivity index (χ1v) is 8.17. The van der Waals surface area contributed by atoms with Gasteiger partial charge in [0.25, 0.3) is 0 Å². The maximum atomic E-state index is 12.1.